The second kappa shape index (κ2) is 9.86. The molecule has 116 valence electrons. The van der Waals surface area contributed by atoms with E-state index in [2.05, 4.69) is 17.5 Å². The minimum atomic E-state index is 0.0300. The number of unbranched alkanes of at least 4 members (excludes halogenated alkanes) is 2. The van der Waals surface area contributed by atoms with Gasteiger partial charge in [0.15, 0.2) is 0 Å². The van der Waals surface area contributed by atoms with Crippen LogP contribution in [0, 0.1) is 5.92 Å². The van der Waals surface area contributed by atoms with Crippen molar-refractivity contribution in [2.45, 2.75) is 46.0 Å². The number of benzene rings is 1. The maximum Gasteiger partial charge on any atom is 0.227 e. The second-order valence-corrected chi connectivity index (χ2v) is 5.92. The summed E-state index contributed by atoms with van der Waals surface area (Å²) in [5.74, 6) is 0.0649. The van der Waals surface area contributed by atoms with Crippen molar-refractivity contribution in [3.63, 3.8) is 0 Å². The predicted octanol–water partition coefficient (Wildman–Crippen LogP) is 6.09. The van der Waals surface area contributed by atoms with Crippen LogP contribution in [0.4, 0.5) is 5.69 Å². The number of hydrogen-bond acceptors (Lipinski definition) is 1. The number of anilines is 1. The molecule has 1 aromatic rings. The summed E-state index contributed by atoms with van der Waals surface area (Å²) in [5.41, 5.74) is 0.624. The Balaban J connectivity index is 2.50. The van der Waals surface area contributed by atoms with Gasteiger partial charge in [-0.15, -0.1) is 0 Å². The minimum Gasteiger partial charge on any atom is -0.325 e. The van der Waals surface area contributed by atoms with Crippen LogP contribution >= 0.6 is 23.2 Å². The molecule has 0 saturated carbocycles. The lowest BCUT2D eigenvalue weighted by molar-refractivity contribution is -0.120. The van der Waals surface area contributed by atoms with Crippen LogP contribution in [0.1, 0.15) is 46.0 Å². The number of carbonyl (C=O) groups is 1. The third kappa shape index (κ3) is 6.54. The Hall–Kier alpha value is -0.990. The molecule has 1 amide bonds. The lowest BCUT2D eigenvalue weighted by Gasteiger charge is -2.15. The Labute approximate surface area is 137 Å². The van der Waals surface area contributed by atoms with Crippen LogP contribution in [0.3, 0.4) is 0 Å². The number of allylic oxidation sites excluding steroid dienone is 2. The molecule has 1 aromatic carbocycles. The fraction of sp³-hybridized carbons (Fsp3) is 0.471. The maximum atomic E-state index is 12.3. The summed E-state index contributed by atoms with van der Waals surface area (Å²) in [6.07, 6.45) is 9.23. The lowest BCUT2D eigenvalue weighted by Crippen LogP contribution is -2.22. The van der Waals surface area contributed by atoms with Crippen LogP contribution in [-0.4, -0.2) is 5.91 Å². The molecule has 0 radical (unpaired) electrons. The van der Waals surface area contributed by atoms with Gasteiger partial charge in [0.25, 0.3) is 0 Å². The van der Waals surface area contributed by atoms with E-state index in [1.807, 2.05) is 13.8 Å². The summed E-state index contributed by atoms with van der Waals surface area (Å²) in [5, 5.41) is 3.93. The molecule has 0 saturated heterocycles. The highest BCUT2D eigenvalue weighted by Crippen LogP contribution is 2.26. The molecule has 0 aliphatic rings. The van der Waals surface area contributed by atoms with Crippen LogP contribution in [0.25, 0.3) is 0 Å². The molecule has 0 aromatic heterocycles. The molecule has 0 bridgehead atoms. The highest BCUT2D eigenvalue weighted by molar-refractivity contribution is 6.36. The first kappa shape index (κ1) is 18.1. The van der Waals surface area contributed by atoms with E-state index in [1.165, 1.54) is 0 Å². The maximum absolute atomic E-state index is 12.3. The van der Waals surface area contributed by atoms with Gasteiger partial charge in [0.2, 0.25) is 5.91 Å². The van der Waals surface area contributed by atoms with Gasteiger partial charge >= 0.3 is 0 Å². The Bertz CT molecular complexity index is 486. The fourth-order valence-electron chi connectivity index (χ4n) is 2.17. The first-order chi connectivity index (χ1) is 10.1. The third-order valence-electron chi connectivity index (χ3n) is 3.46. The highest BCUT2D eigenvalue weighted by atomic mass is 35.5. The van der Waals surface area contributed by atoms with Gasteiger partial charge in [-0.3, -0.25) is 4.79 Å². The minimum absolute atomic E-state index is 0.0300. The molecule has 0 spiro atoms. The smallest absolute Gasteiger partial charge is 0.227 e. The number of hydrogen-bond donors (Lipinski definition) is 1. The van der Waals surface area contributed by atoms with E-state index in [0.717, 1.165) is 32.1 Å². The van der Waals surface area contributed by atoms with Crippen molar-refractivity contribution < 1.29 is 4.79 Å². The first-order valence-corrected chi connectivity index (χ1v) is 8.21. The topological polar surface area (TPSA) is 29.1 Å². The van der Waals surface area contributed by atoms with E-state index >= 15 is 0 Å². The number of carbonyl (C=O) groups excluding carboxylic acids is 1. The van der Waals surface area contributed by atoms with Crippen molar-refractivity contribution in [3.05, 3.63) is 40.4 Å². The molecule has 21 heavy (non-hydrogen) atoms. The standard InChI is InChI=1S/C17H23Cl2NO/c1-3-5-6-7-8-9-13(4-2)17(21)20-16-11-10-14(18)12-15(16)19/h3,5,10-13H,4,6-9H2,1-2H3,(H,20,21). The summed E-state index contributed by atoms with van der Waals surface area (Å²) in [6.45, 7) is 4.07. The van der Waals surface area contributed by atoms with Crippen molar-refractivity contribution in [2.75, 3.05) is 5.32 Å². The third-order valence-corrected chi connectivity index (χ3v) is 4.01. The van der Waals surface area contributed by atoms with E-state index in [4.69, 9.17) is 23.2 Å². The quantitative estimate of drug-likeness (QED) is 0.454. The van der Waals surface area contributed by atoms with Crippen molar-refractivity contribution in [1.29, 1.82) is 0 Å². The summed E-state index contributed by atoms with van der Waals surface area (Å²) in [4.78, 5) is 12.3. The van der Waals surface area contributed by atoms with Crippen LogP contribution in [-0.2, 0) is 4.79 Å². The van der Waals surface area contributed by atoms with Gasteiger partial charge in [-0.2, -0.15) is 0 Å². The van der Waals surface area contributed by atoms with Gasteiger partial charge in [0.1, 0.15) is 0 Å². The number of halogens is 2. The second-order valence-electron chi connectivity index (χ2n) is 5.07. The van der Waals surface area contributed by atoms with Gasteiger partial charge in [0.05, 0.1) is 10.7 Å². The predicted molar refractivity (Wildman–Crippen MR) is 92.2 cm³/mol. The van der Waals surface area contributed by atoms with Crippen LogP contribution in [0.2, 0.25) is 10.0 Å². The first-order valence-electron chi connectivity index (χ1n) is 7.45. The molecule has 0 heterocycles. The van der Waals surface area contributed by atoms with Gasteiger partial charge in [-0.1, -0.05) is 48.7 Å². The Kier molecular flexibility index (Phi) is 8.48. The summed E-state index contributed by atoms with van der Waals surface area (Å²) >= 11 is 11.9. The van der Waals surface area contributed by atoms with Crippen LogP contribution in [0.15, 0.2) is 30.4 Å². The molecular weight excluding hydrogens is 305 g/mol. The zero-order chi connectivity index (χ0) is 15.7. The number of rotatable bonds is 8. The molecule has 1 N–H and O–H groups in total. The summed E-state index contributed by atoms with van der Waals surface area (Å²) < 4.78 is 0. The molecule has 0 aliphatic carbocycles. The van der Waals surface area contributed by atoms with Crippen molar-refractivity contribution in [2.24, 2.45) is 5.92 Å². The van der Waals surface area contributed by atoms with E-state index in [9.17, 15) is 4.79 Å². The number of nitrogens with one attached hydrogen (secondary N) is 1. The zero-order valence-corrected chi connectivity index (χ0v) is 14.2. The Morgan fingerprint density at radius 2 is 2.10 bits per heavy atom. The van der Waals surface area contributed by atoms with Crippen molar-refractivity contribution in [1.82, 2.24) is 0 Å². The van der Waals surface area contributed by atoms with E-state index < -0.39 is 0 Å². The molecule has 0 aliphatic heterocycles. The molecule has 1 unspecified atom stereocenters. The van der Waals surface area contributed by atoms with Crippen molar-refractivity contribution in [3.8, 4) is 0 Å². The van der Waals surface area contributed by atoms with E-state index in [-0.39, 0.29) is 11.8 Å². The Morgan fingerprint density at radius 1 is 1.33 bits per heavy atom. The number of amides is 1. The molecule has 4 heteroatoms. The SMILES string of the molecule is CC=CCCCCC(CC)C(=O)Nc1ccc(Cl)cc1Cl. The average Bonchev–Trinajstić information content (AvgIpc) is 2.45. The van der Waals surface area contributed by atoms with Crippen LogP contribution < -0.4 is 5.32 Å². The Morgan fingerprint density at radius 3 is 2.71 bits per heavy atom. The fourth-order valence-corrected chi connectivity index (χ4v) is 2.62. The summed E-state index contributed by atoms with van der Waals surface area (Å²) in [7, 11) is 0. The molecule has 0 fully saturated rings. The largest absolute Gasteiger partial charge is 0.325 e. The zero-order valence-electron chi connectivity index (χ0n) is 12.7. The average molecular weight is 328 g/mol. The molecule has 1 rings (SSSR count). The normalized spacial score (nSPS) is 12.6. The monoisotopic (exact) mass is 327 g/mol. The highest BCUT2D eigenvalue weighted by Gasteiger charge is 2.17. The van der Waals surface area contributed by atoms with Crippen molar-refractivity contribution >= 4 is 34.8 Å². The van der Waals surface area contributed by atoms with Gasteiger partial charge < -0.3 is 5.32 Å². The van der Waals surface area contributed by atoms with E-state index in [0.29, 0.717) is 15.7 Å². The van der Waals surface area contributed by atoms with Gasteiger partial charge in [0, 0.05) is 10.9 Å². The molecule has 1 atom stereocenters. The van der Waals surface area contributed by atoms with Gasteiger partial charge in [-0.25, -0.2) is 0 Å². The van der Waals surface area contributed by atoms with E-state index in [1.54, 1.807) is 18.2 Å². The van der Waals surface area contributed by atoms with Crippen LogP contribution in [0.5, 0.6) is 0 Å². The summed E-state index contributed by atoms with van der Waals surface area (Å²) in [6, 6.07) is 5.10. The molecular formula is C17H23Cl2NO. The lowest BCUT2D eigenvalue weighted by atomic mass is 9.97. The molecule has 2 nitrogen and oxygen atoms in total. The van der Waals surface area contributed by atoms with Gasteiger partial charge in [-0.05, 0) is 50.8 Å².